The third kappa shape index (κ3) is 4.32. The lowest BCUT2D eigenvalue weighted by molar-refractivity contribution is -0.115. The largest absolute Gasteiger partial charge is 0.495 e. The summed E-state index contributed by atoms with van der Waals surface area (Å²) in [5.41, 5.74) is 1.66. The second kappa shape index (κ2) is 8.46. The second-order valence-electron chi connectivity index (χ2n) is 5.59. The number of carbonyl (C=O) groups is 2. The number of esters is 1. The van der Waals surface area contributed by atoms with Crippen LogP contribution in [-0.2, 0) is 16.1 Å². The molecule has 0 spiro atoms. The molecule has 0 unspecified atom stereocenters. The third-order valence-corrected chi connectivity index (χ3v) is 4.61. The number of anilines is 2. The van der Waals surface area contributed by atoms with E-state index in [0.29, 0.717) is 27.8 Å². The molecule has 1 heterocycles. The highest BCUT2D eigenvalue weighted by Gasteiger charge is 2.21. The van der Waals surface area contributed by atoms with Gasteiger partial charge in [-0.25, -0.2) is 9.78 Å². The van der Waals surface area contributed by atoms with Crippen molar-refractivity contribution in [1.82, 2.24) is 4.98 Å². The number of hydrogen-bond donors (Lipinski definition) is 0. The molecule has 0 aliphatic carbocycles. The maximum atomic E-state index is 12.2. The number of nitrogens with zero attached hydrogens (tertiary/aromatic N) is 2. The van der Waals surface area contributed by atoms with Gasteiger partial charge in [0.15, 0.2) is 5.13 Å². The molecule has 2 aromatic carbocycles. The first-order chi connectivity index (χ1) is 13.1. The lowest BCUT2D eigenvalue weighted by Gasteiger charge is -2.20. The number of para-hydroxylation sites is 2. The molecule has 138 valence electrons. The Morgan fingerprint density at radius 3 is 2.48 bits per heavy atom. The number of ether oxygens (including phenoxy) is 2. The molecule has 0 bridgehead atoms. The van der Waals surface area contributed by atoms with Gasteiger partial charge in [-0.15, -0.1) is 11.3 Å². The zero-order chi connectivity index (χ0) is 19.2. The van der Waals surface area contributed by atoms with Crippen molar-refractivity contribution in [2.24, 2.45) is 0 Å². The van der Waals surface area contributed by atoms with Crippen LogP contribution in [0.5, 0.6) is 5.75 Å². The van der Waals surface area contributed by atoms with E-state index in [1.165, 1.54) is 23.2 Å². The summed E-state index contributed by atoms with van der Waals surface area (Å²) in [5.74, 6) is -0.0417. The smallest absolute Gasteiger partial charge is 0.338 e. The van der Waals surface area contributed by atoms with Gasteiger partial charge in [0, 0.05) is 12.3 Å². The summed E-state index contributed by atoms with van der Waals surface area (Å²) in [6.45, 7) is 1.49. The Labute approximate surface area is 161 Å². The van der Waals surface area contributed by atoms with E-state index in [9.17, 15) is 9.59 Å². The highest BCUT2D eigenvalue weighted by molar-refractivity contribution is 7.14. The van der Waals surface area contributed by atoms with Crippen LogP contribution in [0.25, 0.3) is 0 Å². The van der Waals surface area contributed by atoms with Gasteiger partial charge >= 0.3 is 5.97 Å². The predicted octanol–water partition coefficient (Wildman–Crippen LogP) is 4.19. The normalized spacial score (nSPS) is 10.3. The number of rotatable bonds is 6. The third-order valence-electron chi connectivity index (χ3n) is 3.73. The van der Waals surface area contributed by atoms with Crippen molar-refractivity contribution in [2.45, 2.75) is 13.5 Å². The SMILES string of the molecule is COc1ccccc1N(C(C)=O)c1nc(COC(=O)c2ccccc2)cs1. The second-order valence-corrected chi connectivity index (χ2v) is 6.43. The molecule has 27 heavy (non-hydrogen) atoms. The van der Waals surface area contributed by atoms with Gasteiger partial charge in [0.2, 0.25) is 5.91 Å². The van der Waals surface area contributed by atoms with Crippen molar-refractivity contribution in [2.75, 3.05) is 12.0 Å². The number of carbonyl (C=O) groups excluding carboxylic acids is 2. The van der Waals surface area contributed by atoms with E-state index in [1.807, 2.05) is 18.2 Å². The van der Waals surface area contributed by atoms with Crippen LogP contribution in [0.4, 0.5) is 10.8 Å². The monoisotopic (exact) mass is 382 g/mol. The highest BCUT2D eigenvalue weighted by atomic mass is 32.1. The zero-order valence-electron chi connectivity index (χ0n) is 14.9. The first-order valence-electron chi connectivity index (χ1n) is 8.20. The maximum absolute atomic E-state index is 12.2. The van der Waals surface area contributed by atoms with Crippen LogP contribution < -0.4 is 9.64 Å². The summed E-state index contributed by atoms with van der Waals surface area (Å²) in [6, 6.07) is 16.0. The van der Waals surface area contributed by atoms with E-state index < -0.39 is 5.97 Å². The average Bonchev–Trinajstić information content (AvgIpc) is 3.15. The summed E-state index contributed by atoms with van der Waals surface area (Å²) in [5, 5.41) is 2.25. The molecule has 0 aliphatic heterocycles. The fraction of sp³-hybridized carbons (Fsp3) is 0.150. The minimum Gasteiger partial charge on any atom is -0.495 e. The topological polar surface area (TPSA) is 68.7 Å². The number of aromatic nitrogens is 1. The molecule has 6 nitrogen and oxygen atoms in total. The molecule has 0 aliphatic rings. The maximum Gasteiger partial charge on any atom is 0.338 e. The summed E-state index contributed by atoms with van der Waals surface area (Å²) < 4.78 is 10.6. The quantitative estimate of drug-likeness (QED) is 0.598. The molecule has 0 N–H and O–H groups in total. The molecule has 1 amide bonds. The minimum atomic E-state index is -0.418. The first-order valence-corrected chi connectivity index (χ1v) is 9.08. The van der Waals surface area contributed by atoms with Crippen LogP contribution in [0, 0.1) is 0 Å². The van der Waals surface area contributed by atoms with Crippen molar-refractivity contribution in [3.63, 3.8) is 0 Å². The number of methoxy groups -OCH3 is 1. The van der Waals surface area contributed by atoms with Crippen LogP contribution in [0.3, 0.4) is 0 Å². The van der Waals surface area contributed by atoms with Gasteiger partial charge in [0.1, 0.15) is 12.4 Å². The van der Waals surface area contributed by atoms with Crippen molar-refractivity contribution >= 4 is 34.0 Å². The van der Waals surface area contributed by atoms with Crippen LogP contribution >= 0.6 is 11.3 Å². The van der Waals surface area contributed by atoms with E-state index in [2.05, 4.69) is 4.98 Å². The van der Waals surface area contributed by atoms with Gasteiger partial charge < -0.3 is 9.47 Å². The molecule has 7 heteroatoms. The first kappa shape index (κ1) is 18.6. The Bertz CT molecular complexity index is 940. The van der Waals surface area contributed by atoms with Gasteiger partial charge in [-0.3, -0.25) is 9.69 Å². The number of amides is 1. The Morgan fingerprint density at radius 2 is 1.78 bits per heavy atom. The van der Waals surface area contributed by atoms with Crippen molar-refractivity contribution < 1.29 is 19.1 Å². The summed E-state index contributed by atoms with van der Waals surface area (Å²) >= 11 is 1.29. The van der Waals surface area contributed by atoms with E-state index in [4.69, 9.17) is 9.47 Å². The van der Waals surface area contributed by atoms with E-state index >= 15 is 0 Å². The van der Waals surface area contributed by atoms with Crippen molar-refractivity contribution in [3.8, 4) is 5.75 Å². The van der Waals surface area contributed by atoms with Crippen molar-refractivity contribution in [3.05, 3.63) is 71.2 Å². The number of benzene rings is 2. The lowest BCUT2D eigenvalue weighted by Crippen LogP contribution is -2.23. The van der Waals surface area contributed by atoms with Crippen LogP contribution in [0.15, 0.2) is 60.0 Å². The standard InChI is InChI=1S/C20H18N2O4S/c1-14(23)22(17-10-6-7-11-18(17)25-2)20-21-16(13-27-20)12-26-19(24)15-8-4-3-5-9-15/h3-11,13H,12H2,1-2H3. The fourth-order valence-corrected chi connectivity index (χ4v) is 3.35. The predicted molar refractivity (Wildman–Crippen MR) is 103 cm³/mol. The van der Waals surface area contributed by atoms with Gasteiger partial charge in [-0.1, -0.05) is 30.3 Å². The minimum absolute atomic E-state index is 0.0297. The van der Waals surface area contributed by atoms with Gasteiger partial charge in [0.05, 0.1) is 24.1 Å². The van der Waals surface area contributed by atoms with E-state index in [0.717, 1.165) is 0 Å². The molecule has 0 saturated carbocycles. The summed E-state index contributed by atoms with van der Waals surface area (Å²) in [7, 11) is 1.55. The lowest BCUT2D eigenvalue weighted by atomic mass is 10.2. The van der Waals surface area contributed by atoms with Crippen LogP contribution in [0.2, 0.25) is 0 Å². The van der Waals surface area contributed by atoms with Crippen LogP contribution in [0.1, 0.15) is 23.0 Å². The summed E-state index contributed by atoms with van der Waals surface area (Å²) in [6.07, 6.45) is 0. The Kier molecular flexibility index (Phi) is 5.83. The van der Waals surface area contributed by atoms with Gasteiger partial charge in [0.25, 0.3) is 0 Å². The zero-order valence-corrected chi connectivity index (χ0v) is 15.7. The van der Waals surface area contributed by atoms with Gasteiger partial charge in [-0.2, -0.15) is 0 Å². The molecule has 0 fully saturated rings. The van der Waals surface area contributed by atoms with Gasteiger partial charge in [-0.05, 0) is 24.3 Å². The highest BCUT2D eigenvalue weighted by Crippen LogP contribution is 2.35. The van der Waals surface area contributed by atoms with Crippen LogP contribution in [-0.4, -0.2) is 24.0 Å². The molecule has 0 atom stereocenters. The molecule has 3 rings (SSSR count). The molecule has 0 radical (unpaired) electrons. The molecule has 3 aromatic rings. The average molecular weight is 382 g/mol. The molecular weight excluding hydrogens is 364 g/mol. The Hall–Kier alpha value is -3.19. The number of hydrogen-bond acceptors (Lipinski definition) is 6. The molecular formula is C20H18N2O4S. The van der Waals surface area contributed by atoms with E-state index in [1.54, 1.807) is 48.9 Å². The molecule has 0 saturated heterocycles. The number of thiazole rings is 1. The molecule has 1 aromatic heterocycles. The Morgan fingerprint density at radius 1 is 1.07 bits per heavy atom. The Balaban J connectivity index is 1.77. The van der Waals surface area contributed by atoms with E-state index in [-0.39, 0.29) is 12.5 Å². The van der Waals surface area contributed by atoms with Crippen molar-refractivity contribution in [1.29, 1.82) is 0 Å². The summed E-state index contributed by atoms with van der Waals surface area (Å²) in [4.78, 5) is 30.2. The fourth-order valence-electron chi connectivity index (χ4n) is 2.48.